The van der Waals surface area contributed by atoms with E-state index < -0.39 is 37.9 Å². The van der Waals surface area contributed by atoms with Crippen LogP contribution in [0.2, 0.25) is 0 Å². The number of aromatic nitrogens is 2. The number of hydrogen-bond acceptors (Lipinski definition) is 11. The zero-order chi connectivity index (χ0) is 28.6. The number of cyclic esters (lactones) is 1. The molecule has 1 aromatic carbocycles. The highest BCUT2D eigenvalue weighted by Crippen LogP contribution is 2.44. The first-order valence-electron chi connectivity index (χ1n) is 12.7. The molecule has 2 aromatic heterocycles. The van der Waals surface area contributed by atoms with E-state index in [0.29, 0.717) is 33.5 Å². The van der Waals surface area contributed by atoms with E-state index in [1.54, 1.807) is 13.0 Å². The monoisotopic (exact) mass is 568 g/mol. The number of hydrogen-bond donors (Lipinski definition) is 0. The van der Waals surface area contributed by atoms with Crippen LogP contribution in [0.4, 0.5) is 11.4 Å². The van der Waals surface area contributed by atoms with Gasteiger partial charge in [0.1, 0.15) is 6.61 Å². The summed E-state index contributed by atoms with van der Waals surface area (Å²) >= 11 is 0. The average molecular weight is 569 g/mol. The van der Waals surface area contributed by atoms with Gasteiger partial charge in [0.15, 0.2) is 9.84 Å². The van der Waals surface area contributed by atoms with Crippen molar-refractivity contribution in [2.24, 2.45) is 0 Å². The predicted octanol–water partition coefficient (Wildman–Crippen LogP) is 1.79. The van der Waals surface area contributed by atoms with Crippen LogP contribution in [0.15, 0.2) is 29.1 Å². The first-order valence-corrected chi connectivity index (χ1v) is 14.5. The number of non-ortho nitro benzene ring substituents is 1. The summed E-state index contributed by atoms with van der Waals surface area (Å²) in [6.45, 7) is 2.95. The first-order chi connectivity index (χ1) is 19.0. The van der Waals surface area contributed by atoms with Crippen LogP contribution in [0, 0.1) is 10.1 Å². The molecule has 1 fully saturated rings. The first kappa shape index (κ1) is 25.9. The lowest BCUT2D eigenvalue weighted by atomic mass is 9.85. The molecule has 0 spiro atoms. The molecule has 0 N–H and O–H groups in total. The van der Waals surface area contributed by atoms with Crippen LogP contribution in [0.5, 0.6) is 0 Å². The van der Waals surface area contributed by atoms with Crippen LogP contribution in [-0.4, -0.2) is 59.4 Å². The third-order valence-corrected chi connectivity index (χ3v) is 9.41. The maximum atomic E-state index is 13.8. The van der Waals surface area contributed by atoms with Crippen LogP contribution < -0.4 is 10.5 Å². The maximum absolute atomic E-state index is 13.8. The summed E-state index contributed by atoms with van der Waals surface area (Å²) in [7, 11) is -3.22. The van der Waals surface area contributed by atoms with E-state index in [-0.39, 0.29) is 61.0 Å². The predicted molar refractivity (Wildman–Crippen MR) is 142 cm³/mol. The standard InChI is InChI=1S/C26H24N4O9S/c1-3-26(39-14(2)31)19-11-21-22-17(12-29(21)24(32)18(19)13-38-25(26)33)23(28-6-8-40(36,37)9-7-28)16-10-15(30(34)35)4-5-20(16)27-22/h4-5,10-11H,3,6-9,12-13H2,1-2H3. The number of nitrogens with zero attached hydrogens (tertiary/aromatic N) is 4. The van der Waals surface area contributed by atoms with Gasteiger partial charge in [0.05, 0.1) is 51.1 Å². The summed E-state index contributed by atoms with van der Waals surface area (Å²) in [5.74, 6) is -1.64. The minimum atomic E-state index is -3.22. The van der Waals surface area contributed by atoms with Gasteiger partial charge in [0.2, 0.25) is 5.60 Å². The van der Waals surface area contributed by atoms with E-state index in [2.05, 4.69) is 0 Å². The summed E-state index contributed by atoms with van der Waals surface area (Å²) in [4.78, 5) is 56.5. The Morgan fingerprint density at radius 2 is 1.93 bits per heavy atom. The molecule has 0 saturated carbocycles. The molecule has 40 heavy (non-hydrogen) atoms. The lowest BCUT2D eigenvalue weighted by Crippen LogP contribution is -2.47. The highest BCUT2D eigenvalue weighted by atomic mass is 32.2. The van der Waals surface area contributed by atoms with E-state index in [4.69, 9.17) is 14.5 Å². The molecule has 13 nitrogen and oxygen atoms in total. The summed E-state index contributed by atoms with van der Waals surface area (Å²) in [5, 5.41) is 12.1. The molecule has 0 amide bonds. The Balaban J connectivity index is 1.62. The number of carbonyl (C=O) groups is 2. The number of carbonyl (C=O) groups excluding carboxylic acids is 2. The van der Waals surface area contributed by atoms with Crippen LogP contribution in [0.25, 0.3) is 22.3 Å². The summed E-state index contributed by atoms with van der Waals surface area (Å²) in [6, 6.07) is 5.89. The van der Waals surface area contributed by atoms with E-state index in [1.165, 1.54) is 29.7 Å². The summed E-state index contributed by atoms with van der Waals surface area (Å²) < 4.78 is 36.6. The van der Waals surface area contributed by atoms with Crippen molar-refractivity contribution in [2.45, 2.75) is 39.0 Å². The average Bonchev–Trinajstić information content (AvgIpc) is 3.27. The SMILES string of the molecule is CCC1(OC(C)=O)C(=O)OCc2c1cc1n(c2=O)Cc2c-1nc1ccc([N+](=O)[O-])cc1c2N1CCS(=O)(=O)CC1. The van der Waals surface area contributed by atoms with Gasteiger partial charge >= 0.3 is 11.9 Å². The summed E-state index contributed by atoms with van der Waals surface area (Å²) in [5.41, 5.74) is 0.472. The fourth-order valence-corrected chi connectivity index (χ4v) is 7.06. The highest BCUT2D eigenvalue weighted by Gasteiger charge is 2.50. The van der Waals surface area contributed by atoms with Gasteiger partial charge in [-0.3, -0.25) is 19.7 Å². The largest absolute Gasteiger partial charge is 0.457 e. The maximum Gasteiger partial charge on any atom is 0.355 e. The fraction of sp³-hybridized carbons (Fsp3) is 0.385. The van der Waals surface area contributed by atoms with Crippen molar-refractivity contribution < 1.29 is 32.4 Å². The Morgan fingerprint density at radius 3 is 2.58 bits per heavy atom. The van der Waals surface area contributed by atoms with Crippen molar-refractivity contribution in [2.75, 3.05) is 29.5 Å². The lowest BCUT2D eigenvalue weighted by Gasteiger charge is -2.35. The quantitative estimate of drug-likeness (QED) is 0.200. The minimum Gasteiger partial charge on any atom is -0.457 e. The fourth-order valence-electron chi connectivity index (χ4n) is 5.86. The van der Waals surface area contributed by atoms with Crippen LogP contribution in [-0.2, 0) is 47.7 Å². The number of esters is 2. The van der Waals surface area contributed by atoms with Crippen molar-refractivity contribution in [3.05, 3.63) is 61.4 Å². The Kier molecular flexibility index (Phi) is 5.73. The zero-order valence-electron chi connectivity index (χ0n) is 21.6. The van der Waals surface area contributed by atoms with Crippen molar-refractivity contribution in [3.63, 3.8) is 0 Å². The molecule has 3 aromatic rings. The van der Waals surface area contributed by atoms with Gasteiger partial charge in [0.25, 0.3) is 11.2 Å². The lowest BCUT2D eigenvalue weighted by molar-refractivity contribution is -0.384. The molecule has 3 aliphatic rings. The number of sulfone groups is 1. The van der Waals surface area contributed by atoms with Gasteiger partial charge in [-0.15, -0.1) is 0 Å². The number of ether oxygens (including phenoxy) is 2. The Labute approximate surface area is 227 Å². The van der Waals surface area contributed by atoms with Gasteiger partial charge < -0.3 is 18.9 Å². The molecule has 14 heteroatoms. The Hall–Kier alpha value is -4.33. The van der Waals surface area contributed by atoms with Crippen LogP contribution in [0.3, 0.4) is 0 Å². The number of nitro benzene ring substituents is 1. The Bertz CT molecular complexity index is 1820. The van der Waals surface area contributed by atoms with Gasteiger partial charge in [0, 0.05) is 48.7 Å². The number of fused-ring (bicyclic) bond motifs is 5. The van der Waals surface area contributed by atoms with E-state index in [1.807, 2.05) is 4.90 Å². The van der Waals surface area contributed by atoms with E-state index in [0.717, 1.165) is 0 Å². The normalized spacial score (nSPS) is 20.9. The van der Waals surface area contributed by atoms with E-state index in [9.17, 15) is 32.9 Å². The van der Waals surface area contributed by atoms with Crippen molar-refractivity contribution in [1.82, 2.24) is 9.55 Å². The van der Waals surface area contributed by atoms with Crippen LogP contribution in [0.1, 0.15) is 37.0 Å². The molecule has 1 unspecified atom stereocenters. The number of anilines is 1. The molecule has 0 aliphatic carbocycles. The van der Waals surface area contributed by atoms with Crippen molar-refractivity contribution in [1.29, 1.82) is 0 Å². The van der Waals surface area contributed by atoms with Crippen LogP contribution >= 0.6 is 0 Å². The van der Waals surface area contributed by atoms with Crippen molar-refractivity contribution in [3.8, 4) is 11.4 Å². The second-order valence-corrected chi connectivity index (χ2v) is 12.4. The van der Waals surface area contributed by atoms with Gasteiger partial charge in [-0.2, -0.15) is 0 Å². The molecule has 1 atom stereocenters. The van der Waals surface area contributed by atoms with Crippen molar-refractivity contribution >= 4 is 44.1 Å². The smallest absolute Gasteiger partial charge is 0.355 e. The van der Waals surface area contributed by atoms with Gasteiger partial charge in [-0.05, 0) is 18.6 Å². The summed E-state index contributed by atoms with van der Waals surface area (Å²) in [6.07, 6.45) is 0.0382. The molecule has 6 rings (SSSR count). The third kappa shape index (κ3) is 3.77. The Morgan fingerprint density at radius 1 is 1.20 bits per heavy atom. The second-order valence-electron chi connectivity index (χ2n) is 10.0. The second kappa shape index (κ2) is 8.84. The number of pyridine rings is 2. The minimum absolute atomic E-state index is 0.0382. The van der Waals surface area contributed by atoms with Gasteiger partial charge in [-0.25, -0.2) is 18.2 Å². The molecule has 1 saturated heterocycles. The van der Waals surface area contributed by atoms with Gasteiger partial charge in [-0.1, -0.05) is 6.92 Å². The molecular weight excluding hydrogens is 544 g/mol. The number of benzene rings is 1. The molecule has 0 bridgehead atoms. The molecule has 3 aliphatic heterocycles. The molecular formula is C26H24N4O9S. The number of nitro groups is 1. The molecule has 5 heterocycles. The zero-order valence-corrected chi connectivity index (χ0v) is 22.4. The third-order valence-electron chi connectivity index (χ3n) is 7.80. The number of rotatable bonds is 4. The molecule has 0 radical (unpaired) electrons. The van der Waals surface area contributed by atoms with E-state index >= 15 is 0 Å². The molecule has 208 valence electrons. The highest BCUT2D eigenvalue weighted by molar-refractivity contribution is 7.91. The topological polar surface area (TPSA) is 168 Å².